The van der Waals surface area contributed by atoms with E-state index in [1.165, 1.54) is 5.56 Å². The first-order valence-corrected chi connectivity index (χ1v) is 6.83. The van der Waals surface area contributed by atoms with E-state index < -0.39 is 0 Å². The molecular weight excluding hydrogens is 242 g/mol. The molecule has 2 heterocycles. The van der Waals surface area contributed by atoms with Gasteiger partial charge in [-0.15, -0.1) is 0 Å². The highest BCUT2D eigenvalue weighted by molar-refractivity contribution is 5.81. The van der Waals surface area contributed by atoms with Crippen LogP contribution in [-0.2, 0) is 24.8 Å². The first-order chi connectivity index (χ1) is 9.15. The number of hydrogen-bond acceptors (Lipinski definition) is 4. The van der Waals surface area contributed by atoms with Gasteiger partial charge >= 0.3 is 0 Å². The smallest absolute Gasteiger partial charge is 0.238 e. The number of aromatic nitrogens is 2. The van der Waals surface area contributed by atoms with Crippen molar-refractivity contribution in [2.45, 2.75) is 25.9 Å². The first-order valence-electron chi connectivity index (χ1n) is 6.83. The molecular formula is C13H23N5O. The van der Waals surface area contributed by atoms with Crippen LogP contribution in [0, 0.1) is 0 Å². The fraction of sp³-hybridized carbons (Fsp3) is 0.692. The third-order valence-corrected chi connectivity index (χ3v) is 3.60. The van der Waals surface area contributed by atoms with Crippen LogP contribution < -0.4 is 10.6 Å². The van der Waals surface area contributed by atoms with Crippen LogP contribution in [-0.4, -0.2) is 53.3 Å². The average molecular weight is 265 g/mol. The highest BCUT2D eigenvalue weighted by Gasteiger charge is 2.28. The molecule has 1 unspecified atom stereocenters. The maximum Gasteiger partial charge on any atom is 0.238 e. The maximum atomic E-state index is 11.9. The molecule has 19 heavy (non-hydrogen) atoms. The van der Waals surface area contributed by atoms with Gasteiger partial charge in [0, 0.05) is 52.0 Å². The molecule has 106 valence electrons. The Labute approximate surface area is 114 Å². The molecule has 6 nitrogen and oxygen atoms in total. The van der Waals surface area contributed by atoms with Crippen LogP contribution >= 0.6 is 0 Å². The van der Waals surface area contributed by atoms with Crippen molar-refractivity contribution in [3.8, 4) is 0 Å². The summed E-state index contributed by atoms with van der Waals surface area (Å²) in [4.78, 5) is 14.1. The fourth-order valence-electron chi connectivity index (χ4n) is 2.59. The molecule has 2 rings (SSSR count). The van der Waals surface area contributed by atoms with E-state index in [9.17, 15) is 4.79 Å². The van der Waals surface area contributed by atoms with Crippen molar-refractivity contribution in [1.29, 1.82) is 0 Å². The van der Waals surface area contributed by atoms with Gasteiger partial charge in [0.25, 0.3) is 0 Å². The second kappa shape index (κ2) is 6.16. The number of piperazine rings is 1. The van der Waals surface area contributed by atoms with Crippen LogP contribution in [0.2, 0.25) is 0 Å². The first kappa shape index (κ1) is 14.0. The Morgan fingerprint density at radius 3 is 3.11 bits per heavy atom. The molecule has 6 heteroatoms. The van der Waals surface area contributed by atoms with Gasteiger partial charge in [0.15, 0.2) is 0 Å². The highest BCUT2D eigenvalue weighted by Crippen LogP contribution is 2.14. The zero-order valence-electron chi connectivity index (χ0n) is 11.9. The van der Waals surface area contributed by atoms with E-state index in [1.807, 2.05) is 11.7 Å². The van der Waals surface area contributed by atoms with Crippen molar-refractivity contribution in [3.63, 3.8) is 0 Å². The summed E-state index contributed by atoms with van der Waals surface area (Å²) in [6.45, 7) is 5.42. The molecule has 0 saturated carbocycles. The molecule has 1 aromatic heterocycles. The molecule has 0 spiro atoms. The van der Waals surface area contributed by atoms with Gasteiger partial charge in [-0.1, -0.05) is 6.92 Å². The average Bonchev–Trinajstić information content (AvgIpc) is 2.78. The molecule has 1 aromatic rings. The number of aryl methyl sites for hydroxylation is 2. The molecule has 2 N–H and O–H groups in total. The number of hydrogen-bond donors (Lipinski definition) is 2. The minimum atomic E-state index is -0.0938. The van der Waals surface area contributed by atoms with E-state index in [0.29, 0.717) is 6.54 Å². The topological polar surface area (TPSA) is 62.2 Å². The Morgan fingerprint density at radius 2 is 2.42 bits per heavy atom. The van der Waals surface area contributed by atoms with Crippen LogP contribution in [0.1, 0.15) is 18.2 Å². The Bertz CT molecular complexity index is 442. The minimum Gasteiger partial charge on any atom is -0.358 e. The third-order valence-electron chi connectivity index (χ3n) is 3.60. The van der Waals surface area contributed by atoms with E-state index in [2.05, 4.69) is 33.8 Å². The maximum absolute atomic E-state index is 11.9. The molecule has 1 aliphatic rings. The van der Waals surface area contributed by atoms with Crippen molar-refractivity contribution in [1.82, 2.24) is 25.3 Å². The zero-order chi connectivity index (χ0) is 13.8. The van der Waals surface area contributed by atoms with Crippen LogP contribution in [0.25, 0.3) is 0 Å². The van der Waals surface area contributed by atoms with Gasteiger partial charge in [0.2, 0.25) is 5.91 Å². The number of rotatable bonds is 4. The zero-order valence-corrected chi connectivity index (χ0v) is 11.9. The summed E-state index contributed by atoms with van der Waals surface area (Å²) in [5.41, 5.74) is 2.34. The Hall–Kier alpha value is -1.40. The van der Waals surface area contributed by atoms with Gasteiger partial charge in [-0.3, -0.25) is 14.4 Å². The Morgan fingerprint density at radius 1 is 1.63 bits per heavy atom. The lowest BCUT2D eigenvalue weighted by Gasteiger charge is -2.34. The van der Waals surface area contributed by atoms with Crippen molar-refractivity contribution in [3.05, 3.63) is 17.5 Å². The number of nitrogens with one attached hydrogen (secondary N) is 2. The molecule has 0 radical (unpaired) electrons. The molecule has 0 bridgehead atoms. The molecule has 1 saturated heterocycles. The fourth-order valence-corrected chi connectivity index (χ4v) is 2.59. The van der Waals surface area contributed by atoms with E-state index in [-0.39, 0.29) is 11.9 Å². The van der Waals surface area contributed by atoms with Crippen LogP contribution in [0.5, 0.6) is 0 Å². The highest BCUT2D eigenvalue weighted by atomic mass is 16.2. The summed E-state index contributed by atoms with van der Waals surface area (Å²) in [6, 6.07) is -0.0938. The second-order valence-electron chi connectivity index (χ2n) is 4.93. The van der Waals surface area contributed by atoms with Crippen molar-refractivity contribution in [2.75, 3.05) is 26.7 Å². The van der Waals surface area contributed by atoms with Gasteiger partial charge in [-0.25, -0.2) is 0 Å². The summed E-state index contributed by atoms with van der Waals surface area (Å²) >= 11 is 0. The van der Waals surface area contributed by atoms with Crippen molar-refractivity contribution in [2.24, 2.45) is 7.05 Å². The summed E-state index contributed by atoms with van der Waals surface area (Å²) in [7, 11) is 3.63. The van der Waals surface area contributed by atoms with E-state index in [4.69, 9.17) is 0 Å². The van der Waals surface area contributed by atoms with Crippen molar-refractivity contribution >= 4 is 5.91 Å². The molecule has 1 fully saturated rings. The number of carbonyl (C=O) groups excluding carboxylic acids is 1. The van der Waals surface area contributed by atoms with Gasteiger partial charge < -0.3 is 10.6 Å². The third kappa shape index (κ3) is 3.13. The van der Waals surface area contributed by atoms with E-state index in [0.717, 1.165) is 31.7 Å². The second-order valence-corrected chi connectivity index (χ2v) is 4.93. The monoisotopic (exact) mass is 265 g/mol. The number of likely N-dealkylation sites (N-methyl/N-ethyl adjacent to an activating group) is 1. The largest absolute Gasteiger partial charge is 0.358 e. The van der Waals surface area contributed by atoms with Gasteiger partial charge in [0.1, 0.15) is 6.04 Å². The summed E-state index contributed by atoms with van der Waals surface area (Å²) in [5, 5.41) is 10.5. The molecule has 1 atom stereocenters. The molecule has 1 amide bonds. The lowest BCUT2D eigenvalue weighted by molar-refractivity contribution is -0.126. The quantitative estimate of drug-likeness (QED) is 0.771. The Balaban J connectivity index is 2.12. The minimum absolute atomic E-state index is 0.0779. The lowest BCUT2D eigenvalue weighted by Crippen LogP contribution is -2.56. The number of nitrogens with zero attached hydrogens (tertiary/aromatic N) is 3. The standard InChI is InChI=1S/C13H23N5O/c1-4-11-10(8-17(3)16-11)9-18-6-5-15-7-12(18)13(19)14-2/h8,12,15H,4-7,9H2,1-3H3,(H,14,19). The summed E-state index contributed by atoms with van der Waals surface area (Å²) in [5.74, 6) is 0.0779. The predicted octanol–water partition coefficient (Wildman–Crippen LogP) is -0.498. The molecule has 0 aliphatic carbocycles. The Kier molecular flexibility index (Phi) is 4.55. The van der Waals surface area contributed by atoms with Gasteiger partial charge in [-0.2, -0.15) is 5.10 Å². The summed E-state index contributed by atoms with van der Waals surface area (Å²) < 4.78 is 1.85. The SMILES string of the molecule is CCc1nn(C)cc1CN1CCNCC1C(=O)NC. The predicted molar refractivity (Wildman–Crippen MR) is 73.7 cm³/mol. The van der Waals surface area contributed by atoms with Gasteiger partial charge in [-0.05, 0) is 6.42 Å². The number of carbonyl (C=O) groups is 1. The van der Waals surface area contributed by atoms with Crippen LogP contribution in [0.15, 0.2) is 6.20 Å². The van der Waals surface area contributed by atoms with E-state index in [1.54, 1.807) is 7.05 Å². The lowest BCUT2D eigenvalue weighted by atomic mass is 10.1. The normalized spacial score (nSPS) is 20.5. The number of amides is 1. The van der Waals surface area contributed by atoms with Crippen molar-refractivity contribution < 1.29 is 4.79 Å². The molecule has 0 aromatic carbocycles. The summed E-state index contributed by atoms with van der Waals surface area (Å²) in [6.07, 6.45) is 2.98. The van der Waals surface area contributed by atoms with Gasteiger partial charge in [0.05, 0.1) is 5.69 Å². The van der Waals surface area contributed by atoms with E-state index >= 15 is 0 Å². The van der Waals surface area contributed by atoms with Crippen LogP contribution in [0.4, 0.5) is 0 Å². The molecule has 1 aliphatic heterocycles. The van der Waals surface area contributed by atoms with Crippen LogP contribution in [0.3, 0.4) is 0 Å².